The Hall–Kier alpha value is -2.05. The van der Waals surface area contributed by atoms with Crippen molar-refractivity contribution >= 4 is 16.6 Å². The van der Waals surface area contributed by atoms with Crippen molar-refractivity contribution in [3.05, 3.63) is 36.0 Å². The molecule has 3 rings (SSSR count). The van der Waals surface area contributed by atoms with Crippen molar-refractivity contribution in [1.82, 2.24) is 4.98 Å². The van der Waals surface area contributed by atoms with Gasteiger partial charge in [0.05, 0.1) is 18.8 Å². The zero-order valence-electron chi connectivity index (χ0n) is 11.4. The van der Waals surface area contributed by atoms with Crippen LogP contribution < -0.4 is 4.90 Å². The number of fused-ring (bicyclic) bond motifs is 1. The molecule has 1 aromatic carbocycles. The maximum absolute atomic E-state index is 9.41. The minimum atomic E-state index is -0.0504. The number of anilines is 1. The minimum absolute atomic E-state index is 0.0504. The van der Waals surface area contributed by atoms with Crippen molar-refractivity contribution in [1.29, 1.82) is 0 Å². The fourth-order valence-corrected chi connectivity index (χ4v) is 2.50. The Balaban J connectivity index is 2.08. The van der Waals surface area contributed by atoms with Gasteiger partial charge in [-0.3, -0.25) is 0 Å². The number of benzene rings is 1. The second-order valence-corrected chi connectivity index (χ2v) is 5.34. The number of pyridine rings is 1. The van der Waals surface area contributed by atoms with E-state index in [1.165, 1.54) is 12.8 Å². The number of aliphatic hydroxyl groups is 1. The van der Waals surface area contributed by atoms with E-state index in [0.717, 1.165) is 29.1 Å². The van der Waals surface area contributed by atoms with Crippen LogP contribution in [0.2, 0.25) is 0 Å². The van der Waals surface area contributed by atoms with E-state index in [4.69, 9.17) is 6.42 Å². The topological polar surface area (TPSA) is 36.4 Å². The molecule has 0 amide bonds. The summed E-state index contributed by atoms with van der Waals surface area (Å²) >= 11 is 0. The standard InChI is InChI=1S/C17H18N2O/c1-2-9-19(11-13-7-8-13)17-16-6-4-3-5-14(16)10-15(12-20)18-17/h1,3-6,10,13,20H,7-9,11-12H2. The first-order chi connectivity index (χ1) is 9.81. The lowest BCUT2D eigenvalue weighted by Gasteiger charge is -2.23. The van der Waals surface area contributed by atoms with Crippen LogP contribution in [0, 0.1) is 18.3 Å². The fourth-order valence-electron chi connectivity index (χ4n) is 2.50. The van der Waals surface area contributed by atoms with E-state index in [9.17, 15) is 5.11 Å². The van der Waals surface area contributed by atoms with Crippen molar-refractivity contribution in [2.24, 2.45) is 5.92 Å². The molecular formula is C17H18N2O. The molecule has 2 aromatic rings. The third-order valence-electron chi connectivity index (χ3n) is 3.69. The molecule has 3 nitrogen and oxygen atoms in total. The summed E-state index contributed by atoms with van der Waals surface area (Å²) in [7, 11) is 0. The zero-order chi connectivity index (χ0) is 13.9. The number of nitrogens with zero attached hydrogens (tertiary/aromatic N) is 2. The van der Waals surface area contributed by atoms with E-state index in [2.05, 4.69) is 21.9 Å². The predicted molar refractivity (Wildman–Crippen MR) is 81.4 cm³/mol. The molecule has 1 aromatic heterocycles. The van der Waals surface area contributed by atoms with Crippen LogP contribution in [-0.2, 0) is 6.61 Å². The van der Waals surface area contributed by atoms with Gasteiger partial charge >= 0.3 is 0 Å². The number of hydrogen-bond donors (Lipinski definition) is 1. The van der Waals surface area contributed by atoms with Crippen LogP contribution in [0.3, 0.4) is 0 Å². The van der Waals surface area contributed by atoms with E-state index >= 15 is 0 Å². The first-order valence-electron chi connectivity index (χ1n) is 6.99. The average molecular weight is 266 g/mol. The normalized spacial score (nSPS) is 14.2. The van der Waals surface area contributed by atoms with Gasteiger partial charge in [-0.25, -0.2) is 4.98 Å². The second kappa shape index (κ2) is 5.52. The molecule has 102 valence electrons. The largest absolute Gasteiger partial charge is 0.390 e. The molecule has 1 saturated carbocycles. The van der Waals surface area contributed by atoms with Gasteiger partial charge in [-0.15, -0.1) is 6.42 Å². The van der Waals surface area contributed by atoms with Crippen LogP contribution in [0.5, 0.6) is 0 Å². The van der Waals surface area contributed by atoms with Crippen molar-refractivity contribution in [2.45, 2.75) is 19.4 Å². The highest BCUT2D eigenvalue weighted by Gasteiger charge is 2.25. The number of aromatic nitrogens is 1. The summed E-state index contributed by atoms with van der Waals surface area (Å²) in [5, 5.41) is 11.6. The third kappa shape index (κ3) is 2.61. The van der Waals surface area contributed by atoms with Gasteiger partial charge in [0.1, 0.15) is 5.82 Å². The molecule has 20 heavy (non-hydrogen) atoms. The van der Waals surface area contributed by atoms with Crippen molar-refractivity contribution in [3.63, 3.8) is 0 Å². The highest BCUT2D eigenvalue weighted by Crippen LogP contribution is 2.33. The van der Waals surface area contributed by atoms with Gasteiger partial charge in [-0.2, -0.15) is 0 Å². The molecule has 0 radical (unpaired) electrons. The van der Waals surface area contributed by atoms with Gasteiger partial charge in [0.2, 0.25) is 0 Å². The summed E-state index contributed by atoms with van der Waals surface area (Å²) in [5.74, 6) is 4.36. The zero-order valence-corrected chi connectivity index (χ0v) is 11.4. The van der Waals surface area contributed by atoms with Crippen LogP contribution in [-0.4, -0.2) is 23.2 Å². The molecule has 1 aliphatic carbocycles. The highest BCUT2D eigenvalue weighted by molar-refractivity contribution is 5.92. The molecule has 0 unspecified atom stereocenters. The molecule has 1 N–H and O–H groups in total. The van der Waals surface area contributed by atoms with E-state index < -0.39 is 0 Å². The maximum atomic E-state index is 9.41. The number of terminal acetylenes is 1. The lowest BCUT2D eigenvalue weighted by atomic mass is 10.1. The van der Waals surface area contributed by atoms with Crippen LogP contribution >= 0.6 is 0 Å². The van der Waals surface area contributed by atoms with E-state index in [1.807, 2.05) is 24.3 Å². The third-order valence-corrected chi connectivity index (χ3v) is 3.69. The summed E-state index contributed by atoms with van der Waals surface area (Å²) in [6.45, 7) is 1.46. The van der Waals surface area contributed by atoms with Gasteiger partial charge < -0.3 is 10.0 Å². The first-order valence-corrected chi connectivity index (χ1v) is 6.99. The quantitative estimate of drug-likeness (QED) is 0.845. The summed E-state index contributed by atoms with van der Waals surface area (Å²) in [6, 6.07) is 10.1. The Morgan fingerprint density at radius 1 is 1.35 bits per heavy atom. The SMILES string of the molecule is C#CCN(CC1CC1)c1nc(CO)cc2ccccc12. The molecule has 0 saturated heterocycles. The van der Waals surface area contributed by atoms with Gasteiger partial charge in [0.15, 0.2) is 0 Å². The van der Waals surface area contributed by atoms with Crippen molar-refractivity contribution < 1.29 is 5.11 Å². The molecular weight excluding hydrogens is 248 g/mol. The van der Waals surface area contributed by atoms with Crippen molar-refractivity contribution in [3.8, 4) is 12.3 Å². The van der Waals surface area contributed by atoms with Gasteiger partial charge in [0, 0.05) is 11.9 Å². The lowest BCUT2D eigenvalue weighted by Crippen LogP contribution is -2.27. The Labute approximate surface area is 119 Å². The highest BCUT2D eigenvalue weighted by atomic mass is 16.3. The van der Waals surface area contributed by atoms with Crippen LogP contribution in [0.15, 0.2) is 30.3 Å². The monoisotopic (exact) mass is 266 g/mol. The van der Waals surface area contributed by atoms with E-state index in [-0.39, 0.29) is 6.61 Å². The van der Waals surface area contributed by atoms with Crippen LogP contribution in [0.1, 0.15) is 18.5 Å². The molecule has 1 fully saturated rings. The number of hydrogen-bond acceptors (Lipinski definition) is 3. The second-order valence-electron chi connectivity index (χ2n) is 5.34. The molecule has 0 bridgehead atoms. The van der Waals surface area contributed by atoms with Crippen molar-refractivity contribution in [2.75, 3.05) is 18.0 Å². The summed E-state index contributed by atoms with van der Waals surface area (Å²) < 4.78 is 0. The summed E-state index contributed by atoms with van der Waals surface area (Å²) in [5.41, 5.74) is 0.691. The Morgan fingerprint density at radius 3 is 2.85 bits per heavy atom. The summed E-state index contributed by atoms with van der Waals surface area (Å²) in [4.78, 5) is 6.77. The molecule has 1 heterocycles. The van der Waals surface area contributed by atoms with Gasteiger partial charge in [0.25, 0.3) is 0 Å². The lowest BCUT2D eigenvalue weighted by molar-refractivity contribution is 0.277. The molecule has 1 aliphatic rings. The van der Waals surface area contributed by atoms with E-state index in [1.54, 1.807) is 0 Å². The van der Waals surface area contributed by atoms with Gasteiger partial charge in [-0.1, -0.05) is 30.2 Å². The Bertz CT molecular complexity index is 656. The van der Waals surface area contributed by atoms with Crippen LogP contribution in [0.4, 0.5) is 5.82 Å². The molecule has 0 spiro atoms. The Morgan fingerprint density at radius 2 is 2.15 bits per heavy atom. The van der Waals surface area contributed by atoms with Crippen LogP contribution in [0.25, 0.3) is 10.8 Å². The first kappa shape index (κ1) is 13.0. The maximum Gasteiger partial charge on any atom is 0.137 e. The van der Waals surface area contributed by atoms with Gasteiger partial charge in [-0.05, 0) is 30.2 Å². The number of rotatable bonds is 5. The average Bonchev–Trinajstić information content (AvgIpc) is 3.29. The minimum Gasteiger partial charge on any atom is -0.390 e. The molecule has 0 atom stereocenters. The summed E-state index contributed by atoms with van der Waals surface area (Å²) in [6.07, 6.45) is 8.06. The fraction of sp³-hybridized carbons (Fsp3) is 0.353. The number of aliphatic hydroxyl groups excluding tert-OH is 1. The molecule has 0 aliphatic heterocycles. The molecule has 3 heteroatoms. The van der Waals surface area contributed by atoms with E-state index in [0.29, 0.717) is 12.2 Å². The Kier molecular flexibility index (Phi) is 3.58. The predicted octanol–water partition coefficient (Wildman–Crippen LogP) is 2.58. The smallest absolute Gasteiger partial charge is 0.137 e.